The number of aryl methyl sites for hydroxylation is 1. The van der Waals surface area contributed by atoms with E-state index in [1.165, 1.54) is 18.7 Å². The molecule has 5 nitrogen and oxygen atoms in total. The Bertz CT molecular complexity index is 761. The van der Waals surface area contributed by atoms with Crippen molar-refractivity contribution in [2.24, 2.45) is 0 Å². The molecule has 1 heterocycles. The van der Waals surface area contributed by atoms with Crippen molar-refractivity contribution in [3.05, 3.63) is 52.0 Å². The van der Waals surface area contributed by atoms with Crippen molar-refractivity contribution in [3.63, 3.8) is 0 Å². The van der Waals surface area contributed by atoms with E-state index in [9.17, 15) is 9.59 Å². The summed E-state index contributed by atoms with van der Waals surface area (Å²) in [5.74, 6) is -0.275. The summed E-state index contributed by atoms with van der Waals surface area (Å²) in [5.41, 5.74) is 2.74. The Kier molecular flexibility index (Phi) is 5.87. The van der Waals surface area contributed by atoms with Gasteiger partial charge < -0.3 is 4.74 Å². The molecule has 0 saturated heterocycles. The second-order valence-corrected chi connectivity index (χ2v) is 6.57. The highest BCUT2D eigenvalue weighted by molar-refractivity contribution is 7.17. The maximum atomic E-state index is 12.0. The lowest BCUT2D eigenvalue weighted by atomic mass is 10.0. The van der Waals surface area contributed by atoms with Gasteiger partial charge in [0.2, 0.25) is 5.91 Å². The Morgan fingerprint density at radius 3 is 2.50 bits per heavy atom. The van der Waals surface area contributed by atoms with Gasteiger partial charge in [0.25, 0.3) is 0 Å². The largest absolute Gasteiger partial charge is 0.465 e. The molecule has 0 saturated carbocycles. The first-order valence-corrected chi connectivity index (χ1v) is 8.37. The number of ether oxygens (including phenoxy) is 1. The van der Waals surface area contributed by atoms with E-state index < -0.39 is 5.97 Å². The molecular formula is C18H20N2O3S. The van der Waals surface area contributed by atoms with E-state index in [1.54, 1.807) is 13.0 Å². The minimum Gasteiger partial charge on any atom is -0.465 e. The Labute approximate surface area is 145 Å². The molecular weight excluding hydrogens is 324 g/mol. The molecule has 2 aromatic rings. The fourth-order valence-electron chi connectivity index (χ4n) is 2.04. The van der Waals surface area contributed by atoms with Crippen molar-refractivity contribution in [2.75, 3.05) is 12.4 Å². The molecule has 0 aliphatic rings. The van der Waals surface area contributed by atoms with Crippen LogP contribution in [0, 0.1) is 6.92 Å². The van der Waals surface area contributed by atoms with Crippen LogP contribution < -0.4 is 5.32 Å². The maximum absolute atomic E-state index is 12.0. The lowest BCUT2D eigenvalue weighted by Gasteiger charge is -2.04. The van der Waals surface area contributed by atoms with Crippen molar-refractivity contribution < 1.29 is 14.3 Å². The van der Waals surface area contributed by atoms with Crippen LogP contribution in [-0.2, 0) is 9.53 Å². The van der Waals surface area contributed by atoms with E-state index in [0.717, 1.165) is 16.9 Å². The van der Waals surface area contributed by atoms with Crippen molar-refractivity contribution in [2.45, 2.75) is 26.7 Å². The number of thiazole rings is 1. The molecule has 1 amide bonds. The number of nitrogens with zero attached hydrogens (tertiary/aromatic N) is 1. The van der Waals surface area contributed by atoms with Gasteiger partial charge in [-0.3, -0.25) is 10.1 Å². The number of methoxy groups -OCH3 is 1. The summed E-state index contributed by atoms with van der Waals surface area (Å²) in [5, 5.41) is 3.03. The molecule has 1 aromatic heterocycles. The summed E-state index contributed by atoms with van der Waals surface area (Å²) in [7, 11) is 1.31. The zero-order valence-corrected chi connectivity index (χ0v) is 14.9. The van der Waals surface area contributed by atoms with Crippen LogP contribution in [0.25, 0.3) is 6.08 Å². The highest BCUT2D eigenvalue weighted by atomic mass is 32.1. The van der Waals surface area contributed by atoms with E-state index in [0.29, 0.717) is 21.6 Å². The van der Waals surface area contributed by atoms with Gasteiger partial charge in [-0.2, -0.15) is 0 Å². The summed E-state index contributed by atoms with van der Waals surface area (Å²) < 4.78 is 4.67. The molecule has 0 bridgehead atoms. The van der Waals surface area contributed by atoms with Gasteiger partial charge in [-0.05, 0) is 30.0 Å². The minimum absolute atomic E-state index is 0.298. The fourth-order valence-corrected chi connectivity index (χ4v) is 2.93. The van der Waals surface area contributed by atoms with Crippen molar-refractivity contribution >= 4 is 34.4 Å². The lowest BCUT2D eigenvalue weighted by molar-refractivity contribution is -0.111. The zero-order valence-electron chi connectivity index (χ0n) is 14.1. The number of carbonyl (C=O) groups excluding carboxylic acids is 2. The third-order valence-electron chi connectivity index (χ3n) is 3.43. The summed E-state index contributed by atoms with van der Waals surface area (Å²) >= 11 is 1.10. The number of carbonyl (C=O) groups is 2. The van der Waals surface area contributed by atoms with Gasteiger partial charge in [0.15, 0.2) is 5.13 Å². The maximum Gasteiger partial charge on any atom is 0.350 e. The van der Waals surface area contributed by atoms with Crippen molar-refractivity contribution in [1.82, 2.24) is 4.98 Å². The van der Waals surface area contributed by atoms with Crippen molar-refractivity contribution in [1.29, 1.82) is 0 Å². The third-order valence-corrected chi connectivity index (χ3v) is 4.48. The van der Waals surface area contributed by atoms with Gasteiger partial charge in [-0.15, -0.1) is 0 Å². The average Bonchev–Trinajstić information content (AvgIpc) is 2.92. The number of anilines is 1. The van der Waals surface area contributed by atoms with E-state index in [2.05, 4.69) is 41.0 Å². The molecule has 1 N–H and O–H groups in total. The molecule has 0 radical (unpaired) electrons. The monoisotopic (exact) mass is 344 g/mol. The summed E-state index contributed by atoms with van der Waals surface area (Å²) in [6.45, 7) is 5.97. The van der Waals surface area contributed by atoms with E-state index in [4.69, 9.17) is 0 Å². The van der Waals surface area contributed by atoms with Gasteiger partial charge in [-0.25, -0.2) is 9.78 Å². The van der Waals surface area contributed by atoms with Gasteiger partial charge in [0.05, 0.1) is 12.8 Å². The fraction of sp³-hybridized carbons (Fsp3) is 0.278. The van der Waals surface area contributed by atoms with Crippen LogP contribution in [0.2, 0.25) is 0 Å². The molecule has 1 aromatic carbocycles. The van der Waals surface area contributed by atoms with E-state index in [1.807, 2.05) is 12.1 Å². The molecule has 0 spiro atoms. The Balaban J connectivity index is 2.01. The SMILES string of the molecule is COC(=O)c1sc(NC(=O)C=Cc2ccc(C(C)C)cc2)nc1C. The quantitative estimate of drug-likeness (QED) is 0.657. The highest BCUT2D eigenvalue weighted by Gasteiger charge is 2.16. The first-order chi connectivity index (χ1) is 11.4. The molecule has 0 fully saturated rings. The van der Waals surface area contributed by atoms with Crippen LogP contribution in [0.15, 0.2) is 30.3 Å². The zero-order chi connectivity index (χ0) is 17.7. The average molecular weight is 344 g/mol. The third kappa shape index (κ3) is 4.52. The van der Waals surface area contributed by atoms with E-state index >= 15 is 0 Å². The molecule has 6 heteroatoms. The Morgan fingerprint density at radius 2 is 1.92 bits per heavy atom. The van der Waals surface area contributed by atoms with Gasteiger partial charge >= 0.3 is 5.97 Å². The standard InChI is InChI=1S/C18H20N2O3S/c1-11(2)14-8-5-13(6-9-14)7-10-15(21)20-18-19-12(3)16(24-18)17(22)23-4/h5-11H,1-4H3,(H,19,20,21). The molecule has 126 valence electrons. The molecule has 2 rings (SSSR count). The van der Waals surface area contributed by atoms with Gasteiger partial charge in [0.1, 0.15) is 4.88 Å². The predicted octanol–water partition coefficient (Wildman–Crippen LogP) is 4.01. The number of hydrogen-bond donors (Lipinski definition) is 1. The molecule has 24 heavy (non-hydrogen) atoms. The Hall–Kier alpha value is -2.47. The molecule has 0 aliphatic carbocycles. The highest BCUT2D eigenvalue weighted by Crippen LogP contribution is 2.23. The van der Waals surface area contributed by atoms with Gasteiger partial charge in [0, 0.05) is 6.08 Å². The summed E-state index contributed by atoms with van der Waals surface area (Å²) in [4.78, 5) is 28.1. The van der Waals surface area contributed by atoms with Crippen LogP contribution in [-0.4, -0.2) is 24.0 Å². The van der Waals surface area contributed by atoms with Crippen LogP contribution >= 0.6 is 11.3 Å². The summed E-state index contributed by atoms with van der Waals surface area (Å²) in [6.07, 6.45) is 3.18. The summed E-state index contributed by atoms with van der Waals surface area (Å²) in [6, 6.07) is 8.05. The van der Waals surface area contributed by atoms with Crippen LogP contribution in [0.1, 0.15) is 46.3 Å². The second kappa shape index (κ2) is 7.88. The number of aromatic nitrogens is 1. The Morgan fingerprint density at radius 1 is 1.25 bits per heavy atom. The first-order valence-electron chi connectivity index (χ1n) is 7.55. The van der Waals surface area contributed by atoms with Gasteiger partial charge in [-0.1, -0.05) is 49.4 Å². The predicted molar refractivity (Wildman–Crippen MR) is 96.4 cm³/mol. The lowest BCUT2D eigenvalue weighted by Crippen LogP contribution is -2.07. The number of rotatable bonds is 5. The minimum atomic E-state index is -0.453. The molecule has 0 atom stereocenters. The topological polar surface area (TPSA) is 68.3 Å². The number of hydrogen-bond acceptors (Lipinski definition) is 5. The number of benzene rings is 1. The van der Waals surface area contributed by atoms with Crippen molar-refractivity contribution in [3.8, 4) is 0 Å². The molecule has 0 unspecified atom stereocenters. The van der Waals surface area contributed by atoms with Crippen LogP contribution in [0.3, 0.4) is 0 Å². The van der Waals surface area contributed by atoms with E-state index in [-0.39, 0.29) is 5.91 Å². The number of amides is 1. The van der Waals surface area contributed by atoms with Crippen LogP contribution in [0.5, 0.6) is 0 Å². The molecule has 0 aliphatic heterocycles. The number of nitrogens with one attached hydrogen (secondary N) is 1. The number of esters is 1. The normalized spacial score (nSPS) is 11.0. The second-order valence-electron chi connectivity index (χ2n) is 5.57. The smallest absolute Gasteiger partial charge is 0.350 e. The van der Waals surface area contributed by atoms with Crippen LogP contribution in [0.4, 0.5) is 5.13 Å². The first kappa shape index (κ1) is 17.9.